The Morgan fingerprint density at radius 3 is 3.00 bits per heavy atom. The molecule has 0 saturated carbocycles. The zero-order valence-corrected chi connectivity index (χ0v) is 8.21. The normalized spacial score (nSPS) is 10.3. The Morgan fingerprint density at radius 2 is 2.38 bits per heavy atom. The maximum atomic E-state index is 5.53. The smallest absolute Gasteiger partial charge is 0.393 e. The minimum Gasteiger partial charge on any atom is -0.450 e. The Balaban J connectivity index is 2.20. The van der Waals surface area contributed by atoms with Gasteiger partial charge in [0.05, 0.1) is 18.2 Å². The number of hydrogen-bond acceptors (Lipinski definition) is 4. The summed E-state index contributed by atoms with van der Waals surface area (Å²) in [5.41, 5.74) is 0.684. The summed E-state index contributed by atoms with van der Waals surface area (Å²) >= 11 is 5.53. The molecule has 0 amide bonds. The third-order valence-electron chi connectivity index (χ3n) is 1.39. The van der Waals surface area contributed by atoms with E-state index in [9.17, 15) is 0 Å². The molecule has 5 heteroatoms. The van der Waals surface area contributed by atoms with E-state index in [-0.39, 0.29) is 6.08 Å². The van der Waals surface area contributed by atoms with Gasteiger partial charge in [-0.2, -0.15) is 4.98 Å². The van der Waals surface area contributed by atoms with E-state index in [2.05, 4.69) is 4.98 Å². The van der Waals surface area contributed by atoms with E-state index in [1.54, 1.807) is 7.11 Å². The lowest BCUT2D eigenvalue weighted by molar-refractivity contribution is 0.157. The summed E-state index contributed by atoms with van der Waals surface area (Å²) in [5.74, 6) is 0.338. The van der Waals surface area contributed by atoms with Gasteiger partial charge in [-0.05, 0) is 0 Å². The van der Waals surface area contributed by atoms with Crippen LogP contribution in [0.3, 0.4) is 0 Å². The Kier molecular flexibility index (Phi) is 4.64. The van der Waals surface area contributed by atoms with Gasteiger partial charge < -0.3 is 13.9 Å². The van der Waals surface area contributed by atoms with Crippen LogP contribution in [0, 0.1) is 0 Å². The number of aromatic nitrogens is 1. The molecule has 0 aromatic carbocycles. The lowest BCUT2D eigenvalue weighted by Gasteiger charge is -1.99. The first kappa shape index (κ1) is 10.3. The summed E-state index contributed by atoms with van der Waals surface area (Å²) in [4.78, 5) is 3.96. The van der Waals surface area contributed by atoms with Crippen LogP contribution in [0.1, 0.15) is 12.1 Å². The van der Waals surface area contributed by atoms with Crippen molar-refractivity contribution in [2.45, 2.75) is 12.3 Å². The molecule has 1 aromatic heterocycles. The number of nitrogens with zero attached hydrogens (tertiary/aromatic N) is 1. The molecule has 0 atom stereocenters. The summed E-state index contributed by atoms with van der Waals surface area (Å²) in [5, 5.41) is 0. The van der Waals surface area contributed by atoms with Gasteiger partial charge in [0.1, 0.15) is 6.26 Å². The fraction of sp³-hybridized carbons (Fsp3) is 0.625. The topological polar surface area (TPSA) is 44.5 Å². The highest BCUT2D eigenvalue weighted by molar-refractivity contribution is 6.16. The molecule has 74 valence electrons. The zero-order valence-electron chi connectivity index (χ0n) is 7.46. The summed E-state index contributed by atoms with van der Waals surface area (Å²) < 4.78 is 15.0. The molecule has 1 aromatic rings. The van der Waals surface area contributed by atoms with Crippen molar-refractivity contribution in [3.05, 3.63) is 12.0 Å². The predicted molar refractivity (Wildman–Crippen MR) is 48.0 cm³/mol. The van der Waals surface area contributed by atoms with Crippen LogP contribution in [0.25, 0.3) is 0 Å². The highest BCUT2D eigenvalue weighted by Gasteiger charge is 2.02. The Hall–Kier alpha value is -0.740. The number of halogens is 1. The molecule has 0 saturated heterocycles. The maximum absolute atomic E-state index is 5.53. The lowest BCUT2D eigenvalue weighted by Crippen LogP contribution is -2.01. The van der Waals surface area contributed by atoms with E-state index in [1.165, 1.54) is 6.26 Å². The van der Waals surface area contributed by atoms with Crippen molar-refractivity contribution < 1.29 is 13.9 Å². The van der Waals surface area contributed by atoms with Crippen molar-refractivity contribution in [3.8, 4) is 6.08 Å². The van der Waals surface area contributed by atoms with Crippen molar-refractivity contribution in [1.29, 1.82) is 0 Å². The number of hydrogen-bond donors (Lipinski definition) is 0. The fourth-order valence-electron chi connectivity index (χ4n) is 0.779. The third kappa shape index (κ3) is 3.65. The van der Waals surface area contributed by atoms with Crippen LogP contribution in [0.2, 0.25) is 0 Å². The number of methoxy groups -OCH3 is 1. The van der Waals surface area contributed by atoms with Gasteiger partial charge in [-0.3, -0.25) is 0 Å². The van der Waals surface area contributed by atoms with Gasteiger partial charge in [0, 0.05) is 20.1 Å². The Morgan fingerprint density at radius 1 is 1.54 bits per heavy atom. The molecule has 0 radical (unpaired) electrons. The molecule has 1 rings (SSSR count). The van der Waals surface area contributed by atoms with E-state index >= 15 is 0 Å². The van der Waals surface area contributed by atoms with E-state index in [1.807, 2.05) is 0 Å². The van der Waals surface area contributed by atoms with Crippen molar-refractivity contribution in [3.63, 3.8) is 0 Å². The molecule has 0 aliphatic heterocycles. The van der Waals surface area contributed by atoms with Gasteiger partial charge in [-0.1, -0.05) is 0 Å². The minimum atomic E-state index is 0.270. The van der Waals surface area contributed by atoms with E-state index < -0.39 is 0 Å². The summed E-state index contributed by atoms with van der Waals surface area (Å²) in [7, 11) is 1.65. The van der Waals surface area contributed by atoms with Gasteiger partial charge in [-0.15, -0.1) is 11.6 Å². The summed E-state index contributed by atoms with van der Waals surface area (Å²) in [6.45, 7) is 1.21. The predicted octanol–water partition coefficient (Wildman–Crippen LogP) is 1.83. The molecule has 0 N–H and O–H groups in total. The first-order chi connectivity index (χ1) is 6.36. The molecule has 0 bridgehead atoms. The van der Waals surface area contributed by atoms with Crippen LogP contribution in [-0.2, 0) is 10.6 Å². The van der Waals surface area contributed by atoms with E-state index in [0.29, 0.717) is 24.8 Å². The van der Waals surface area contributed by atoms with Gasteiger partial charge >= 0.3 is 6.08 Å². The molecule has 0 fully saturated rings. The molecular formula is C8H12ClNO3. The summed E-state index contributed by atoms with van der Waals surface area (Å²) in [6, 6.07) is 0. The SMILES string of the molecule is COCCCOc1nc(CCl)co1. The number of ether oxygens (including phenoxy) is 2. The summed E-state index contributed by atoms with van der Waals surface area (Å²) in [6.07, 6.45) is 2.57. The maximum Gasteiger partial charge on any atom is 0.393 e. The van der Waals surface area contributed by atoms with Crippen molar-refractivity contribution in [1.82, 2.24) is 4.98 Å². The first-order valence-electron chi connectivity index (χ1n) is 3.99. The van der Waals surface area contributed by atoms with Gasteiger partial charge in [0.25, 0.3) is 0 Å². The number of oxazole rings is 1. The highest BCUT2D eigenvalue weighted by Crippen LogP contribution is 2.11. The van der Waals surface area contributed by atoms with Crippen molar-refractivity contribution in [2.24, 2.45) is 0 Å². The second-order valence-corrected chi connectivity index (χ2v) is 2.70. The molecule has 0 unspecified atom stereocenters. The highest BCUT2D eigenvalue weighted by atomic mass is 35.5. The third-order valence-corrected chi connectivity index (χ3v) is 1.66. The van der Waals surface area contributed by atoms with Gasteiger partial charge in [0.2, 0.25) is 0 Å². The largest absolute Gasteiger partial charge is 0.450 e. The quantitative estimate of drug-likeness (QED) is 0.525. The van der Waals surface area contributed by atoms with E-state index in [4.69, 9.17) is 25.5 Å². The van der Waals surface area contributed by atoms with Crippen LogP contribution in [0.4, 0.5) is 0 Å². The van der Waals surface area contributed by atoms with Crippen LogP contribution >= 0.6 is 11.6 Å². The van der Waals surface area contributed by atoms with Crippen molar-refractivity contribution in [2.75, 3.05) is 20.3 Å². The van der Waals surface area contributed by atoms with Crippen LogP contribution in [0.15, 0.2) is 10.7 Å². The van der Waals surface area contributed by atoms with Crippen LogP contribution < -0.4 is 4.74 Å². The number of alkyl halides is 1. The van der Waals surface area contributed by atoms with Crippen LogP contribution in [-0.4, -0.2) is 25.3 Å². The fourth-order valence-corrected chi connectivity index (χ4v) is 0.902. The average molecular weight is 206 g/mol. The van der Waals surface area contributed by atoms with Gasteiger partial charge in [-0.25, -0.2) is 0 Å². The average Bonchev–Trinajstić information content (AvgIpc) is 2.60. The Labute approximate surface area is 81.8 Å². The standard InChI is InChI=1S/C8H12ClNO3/c1-11-3-2-4-12-8-10-7(5-9)6-13-8/h6H,2-5H2,1H3. The first-order valence-corrected chi connectivity index (χ1v) is 4.52. The van der Waals surface area contributed by atoms with Crippen molar-refractivity contribution >= 4 is 11.6 Å². The molecule has 4 nitrogen and oxygen atoms in total. The van der Waals surface area contributed by atoms with E-state index in [0.717, 1.165) is 6.42 Å². The number of rotatable bonds is 6. The Bertz CT molecular complexity index is 239. The monoisotopic (exact) mass is 205 g/mol. The second-order valence-electron chi connectivity index (χ2n) is 2.43. The molecule has 0 spiro atoms. The lowest BCUT2D eigenvalue weighted by atomic mass is 10.5. The minimum absolute atomic E-state index is 0.270. The van der Waals surface area contributed by atoms with Crippen LogP contribution in [0.5, 0.6) is 6.08 Å². The molecular weight excluding hydrogens is 194 g/mol. The molecule has 13 heavy (non-hydrogen) atoms. The molecule has 0 aliphatic carbocycles. The molecule has 1 heterocycles. The molecule has 0 aliphatic rings. The zero-order chi connectivity index (χ0) is 9.52. The van der Waals surface area contributed by atoms with Gasteiger partial charge in [0.15, 0.2) is 0 Å². The second kappa shape index (κ2) is 5.83.